The Morgan fingerprint density at radius 1 is 1.18 bits per heavy atom. The zero-order chi connectivity index (χ0) is 20.2. The summed E-state index contributed by atoms with van der Waals surface area (Å²) in [6.07, 6.45) is -0.372. The van der Waals surface area contributed by atoms with E-state index in [-0.39, 0.29) is 59.1 Å². The zero-order valence-electron chi connectivity index (χ0n) is 14.1. The number of imidazole rings is 1. The quantitative estimate of drug-likeness (QED) is 0.185. The summed E-state index contributed by atoms with van der Waals surface area (Å²) in [5.74, 6) is 0.0366. The molecule has 0 aromatic carbocycles. The number of aromatic nitrogens is 4. The number of ether oxygens (including phenoxy) is 1. The molecule has 0 aliphatic rings. The van der Waals surface area contributed by atoms with Crippen LogP contribution >= 0.6 is 15.6 Å². The number of nitrogen functional groups attached to an aromatic ring is 1. The third-order valence-electron chi connectivity index (χ3n) is 2.86. The number of phosphoric ester groups is 1. The minimum atomic E-state index is -5.32. The van der Waals surface area contributed by atoms with E-state index in [1.807, 2.05) is 0 Å². The van der Waals surface area contributed by atoms with E-state index in [1.54, 1.807) is 0 Å². The molecule has 0 saturated heterocycles. The standard InChI is InChI=1S/C10H13N5O10P2.Na/c11-9-8-10(13-4-12-9)15(5-14-8)7(2-17)24-6(1-16)3-23-27(21,22)25-26(18,19)20;/h1-2,4-7H,3H2,(H,21,22)(H2,11,12,13)(H2,18,19,20);/t6-,7+;/m0./s1. The molecule has 2 aromatic heterocycles. The van der Waals surface area contributed by atoms with Crippen molar-refractivity contribution in [2.45, 2.75) is 12.3 Å². The van der Waals surface area contributed by atoms with E-state index in [9.17, 15) is 23.6 Å². The van der Waals surface area contributed by atoms with Crippen LogP contribution in [0.5, 0.6) is 0 Å². The number of nitrogens with zero attached hydrogens (tertiary/aromatic N) is 4. The fourth-order valence-electron chi connectivity index (χ4n) is 1.83. The number of nitrogens with two attached hydrogens (primary N) is 1. The number of phosphoric acid groups is 2. The predicted molar refractivity (Wildman–Crippen MR) is 90.4 cm³/mol. The van der Waals surface area contributed by atoms with Crippen molar-refractivity contribution in [2.75, 3.05) is 12.3 Å². The monoisotopic (exact) mass is 448 g/mol. The Labute approximate surface area is 178 Å². The first-order valence-corrected chi connectivity index (χ1v) is 9.82. The molecule has 1 radical (unpaired) electrons. The Morgan fingerprint density at radius 3 is 2.43 bits per heavy atom. The first-order valence-electron chi connectivity index (χ1n) is 6.79. The van der Waals surface area contributed by atoms with Gasteiger partial charge in [0.15, 0.2) is 30.3 Å². The Morgan fingerprint density at radius 2 is 1.86 bits per heavy atom. The topological polar surface area (TPSA) is 226 Å². The number of hydrogen-bond donors (Lipinski definition) is 4. The predicted octanol–water partition coefficient (Wildman–Crippen LogP) is -1.46. The molecule has 15 nitrogen and oxygen atoms in total. The number of rotatable bonds is 10. The van der Waals surface area contributed by atoms with Gasteiger partial charge in [-0.2, -0.15) is 4.31 Å². The summed E-state index contributed by atoms with van der Waals surface area (Å²) >= 11 is 0. The Balaban J connectivity index is 0.00000392. The SMILES string of the molecule is Nc1ncnc2c1ncn2[C@@H](C=O)O[C@@H](C=O)COP(=O)(O)OP(=O)(O)O.[Na]. The molecule has 0 spiro atoms. The fraction of sp³-hybridized carbons (Fsp3) is 0.300. The van der Waals surface area contributed by atoms with Gasteiger partial charge in [-0.1, -0.05) is 0 Å². The van der Waals surface area contributed by atoms with Crippen molar-refractivity contribution in [2.24, 2.45) is 0 Å². The second kappa shape index (κ2) is 10.1. The Bertz CT molecular complexity index is 934. The molecule has 0 saturated carbocycles. The van der Waals surface area contributed by atoms with E-state index >= 15 is 0 Å². The first kappa shape index (κ1) is 24.9. The summed E-state index contributed by atoms with van der Waals surface area (Å²) < 4.78 is 36.1. The largest absolute Gasteiger partial charge is 0.481 e. The number of hydrogen-bond acceptors (Lipinski definition) is 11. The minimum Gasteiger partial charge on any atom is -0.382 e. The maximum Gasteiger partial charge on any atom is 0.481 e. The van der Waals surface area contributed by atoms with Crippen molar-refractivity contribution in [1.29, 1.82) is 0 Å². The Hall–Kier alpha value is -1.09. The molecular formula is C10H13N5NaO10P2. The van der Waals surface area contributed by atoms with Crippen molar-refractivity contribution in [3.8, 4) is 0 Å². The van der Waals surface area contributed by atoms with Gasteiger partial charge in [0.2, 0.25) is 0 Å². The average molecular weight is 448 g/mol. The molecule has 1 unspecified atom stereocenters. The molecule has 2 heterocycles. The summed E-state index contributed by atoms with van der Waals surface area (Å²) in [4.78, 5) is 60.1. The van der Waals surface area contributed by atoms with Crippen molar-refractivity contribution in [3.05, 3.63) is 12.7 Å². The summed E-state index contributed by atoms with van der Waals surface area (Å²) in [7, 11) is -10.5. The molecule has 0 aliphatic heterocycles. The van der Waals surface area contributed by atoms with Crippen LogP contribution in [0.2, 0.25) is 0 Å². The van der Waals surface area contributed by atoms with Crippen LogP contribution in [0.15, 0.2) is 12.7 Å². The molecule has 28 heavy (non-hydrogen) atoms. The maximum absolute atomic E-state index is 11.4. The van der Waals surface area contributed by atoms with Gasteiger partial charge in [0, 0.05) is 29.6 Å². The second-order valence-electron chi connectivity index (χ2n) is 4.76. The maximum atomic E-state index is 11.4. The van der Waals surface area contributed by atoms with Crippen LogP contribution in [0.3, 0.4) is 0 Å². The van der Waals surface area contributed by atoms with E-state index in [0.717, 1.165) is 17.2 Å². The number of anilines is 1. The Kier molecular flexibility index (Phi) is 8.99. The molecule has 2 rings (SSSR count). The number of carbonyl (C=O) groups is 2. The van der Waals surface area contributed by atoms with Gasteiger partial charge in [-0.15, -0.1) is 0 Å². The molecule has 0 fully saturated rings. The summed E-state index contributed by atoms with van der Waals surface area (Å²) in [5.41, 5.74) is 5.90. The van der Waals surface area contributed by atoms with Gasteiger partial charge in [0.1, 0.15) is 17.9 Å². The molecule has 149 valence electrons. The summed E-state index contributed by atoms with van der Waals surface area (Å²) in [6.45, 7) is -0.953. The fourth-order valence-corrected chi connectivity index (χ4v) is 3.43. The molecule has 2 aromatic rings. The normalized spacial score (nSPS) is 16.0. The van der Waals surface area contributed by atoms with Gasteiger partial charge in [0.25, 0.3) is 0 Å². The molecule has 0 bridgehead atoms. The summed E-state index contributed by atoms with van der Waals surface area (Å²) in [5, 5.41) is 0. The van der Waals surface area contributed by atoms with Crippen LogP contribution in [0.4, 0.5) is 5.82 Å². The molecule has 3 atom stereocenters. The average Bonchev–Trinajstić information content (AvgIpc) is 2.98. The van der Waals surface area contributed by atoms with E-state index < -0.39 is 34.6 Å². The van der Waals surface area contributed by atoms with Crippen LogP contribution in [-0.4, -0.2) is 89.0 Å². The smallest absolute Gasteiger partial charge is 0.382 e. The minimum absolute atomic E-state index is 0. The summed E-state index contributed by atoms with van der Waals surface area (Å²) in [6, 6.07) is 0. The van der Waals surface area contributed by atoms with E-state index in [4.69, 9.17) is 20.3 Å². The van der Waals surface area contributed by atoms with Gasteiger partial charge in [0.05, 0.1) is 12.9 Å². The van der Waals surface area contributed by atoms with Crippen molar-refractivity contribution in [1.82, 2.24) is 19.5 Å². The van der Waals surface area contributed by atoms with Crippen LogP contribution < -0.4 is 5.73 Å². The van der Waals surface area contributed by atoms with Gasteiger partial charge in [-0.05, 0) is 0 Å². The van der Waals surface area contributed by atoms with Gasteiger partial charge in [-0.3, -0.25) is 13.9 Å². The van der Waals surface area contributed by atoms with E-state index in [2.05, 4.69) is 23.8 Å². The molecule has 0 amide bonds. The number of fused-ring (bicyclic) bond motifs is 1. The zero-order valence-corrected chi connectivity index (χ0v) is 17.9. The van der Waals surface area contributed by atoms with Gasteiger partial charge in [-0.25, -0.2) is 24.1 Å². The number of carbonyl (C=O) groups excluding carboxylic acids is 2. The molecule has 18 heteroatoms. The van der Waals surface area contributed by atoms with Crippen molar-refractivity contribution in [3.63, 3.8) is 0 Å². The van der Waals surface area contributed by atoms with Crippen LogP contribution in [0.1, 0.15) is 6.23 Å². The molecular weight excluding hydrogens is 435 g/mol. The second-order valence-corrected chi connectivity index (χ2v) is 7.59. The van der Waals surface area contributed by atoms with E-state index in [1.165, 1.54) is 0 Å². The first-order chi connectivity index (χ1) is 12.6. The number of aldehydes is 2. The molecule has 0 aliphatic carbocycles. The molecule has 5 N–H and O–H groups in total. The van der Waals surface area contributed by atoms with Gasteiger partial charge < -0.3 is 29.9 Å². The van der Waals surface area contributed by atoms with Crippen LogP contribution in [0.25, 0.3) is 11.2 Å². The van der Waals surface area contributed by atoms with Gasteiger partial charge >= 0.3 is 15.6 Å². The van der Waals surface area contributed by atoms with E-state index in [0.29, 0.717) is 0 Å². The van der Waals surface area contributed by atoms with Crippen molar-refractivity contribution < 1.29 is 47.0 Å². The van der Waals surface area contributed by atoms with Crippen LogP contribution in [-0.2, 0) is 32.3 Å². The third-order valence-corrected chi connectivity index (χ3v) is 5.01. The third kappa shape index (κ3) is 6.76. The van der Waals surface area contributed by atoms with Crippen molar-refractivity contribution >= 4 is 74.8 Å². The van der Waals surface area contributed by atoms with Crippen LogP contribution in [0, 0.1) is 0 Å².